The number of hydrogen-bond donors (Lipinski definition) is 0. The lowest BCUT2D eigenvalue weighted by atomic mass is 9.93. The molecule has 0 radical (unpaired) electrons. The molecular formula is C11H22BrNO2S. The van der Waals surface area contributed by atoms with Crippen molar-refractivity contribution < 1.29 is 8.42 Å². The highest BCUT2D eigenvalue weighted by Gasteiger charge is 2.33. The molecule has 3 nitrogen and oxygen atoms in total. The van der Waals surface area contributed by atoms with Gasteiger partial charge < -0.3 is 0 Å². The molecule has 0 unspecified atom stereocenters. The Labute approximate surface area is 108 Å². The van der Waals surface area contributed by atoms with Crippen molar-refractivity contribution in [2.75, 3.05) is 17.6 Å². The molecule has 0 aromatic carbocycles. The van der Waals surface area contributed by atoms with Gasteiger partial charge in [-0.25, -0.2) is 8.42 Å². The maximum atomic E-state index is 12.2. The van der Waals surface area contributed by atoms with Gasteiger partial charge in [0, 0.05) is 17.9 Å². The molecule has 0 spiro atoms. The van der Waals surface area contributed by atoms with Gasteiger partial charge in [-0.1, -0.05) is 36.2 Å². The molecule has 0 N–H and O–H groups in total. The molecule has 0 saturated heterocycles. The van der Waals surface area contributed by atoms with Crippen LogP contribution in [0.4, 0.5) is 0 Å². The largest absolute Gasteiger partial charge is 0.214 e. The second kappa shape index (κ2) is 6.36. The Kier molecular flexibility index (Phi) is 5.74. The van der Waals surface area contributed by atoms with Crippen molar-refractivity contribution in [3.05, 3.63) is 0 Å². The van der Waals surface area contributed by atoms with Crippen LogP contribution in [-0.4, -0.2) is 36.4 Å². The minimum absolute atomic E-state index is 0.205. The molecule has 16 heavy (non-hydrogen) atoms. The van der Waals surface area contributed by atoms with Gasteiger partial charge in [-0.2, -0.15) is 4.31 Å². The number of halogens is 1. The lowest BCUT2D eigenvalue weighted by molar-refractivity contribution is 0.219. The van der Waals surface area contributed by atoms with Gasteiger partial charge >= 0.3 is 0 Å². The van der Waals surface area contributed by atoms with E-state index in [4.69, 9.17) is 0 Å². The van der Waals surface area contributed by atoms with Gasteiger partial charge in [0.05, 0.1) is 5.75 Å². The summed E-state index contributed by atoms with van der Waals surface area (Å²) in [4.78, 5) is 0. The van der Waals surface area contributed by atoms with Crippen LogP contribution in [-0.2, 0) is 10.0 Å². The highest BCUT2D eigenvalue weighted by Crippen LogP contribution is 2.28. The maximum Gasteiger partial charge on any atom is 0.214 e. The van der Waals surface area contributed by atoms with E-state index in [0.717, 1.165) is 24.6 Å². The standard InChI is InChI=1S/C11H22BrNO2S/c1-10(2)9-16(14,15)13(8-4-7-12)11-5-3-6-11/h10-11H,3-9H2,1-2H3. The van der Waals surface area contributed by atoms with Crippen molar-refractivity contribution in [1.82, 2.24) is 4.31 Å². The van der Waals surface area contributed by atoms with Crippen LogP contribution in [0.2, 0.25) is 0 Å². The van der Waals surface area contributed by atoms with Gasteiger partial charge in [0.15, 0.2) is 0 Å². The predicted molar refractivity (Wildman–Crippen MR) is 71.4 cm³/mol. The summed E-state index contributed by atoms with van der Waals surface area (Å²) in [6.07, 6.45) is 4.15. The predicted octanol–water partition coefficient (Wildman–Crippen LogP) is 2.61. The van der Waals surface area contributed by atoms with Gasteiger partial charge in [0.25, 0.3) is 0 Å². The van der Waals surface area contributed by atoms with E-state index in [1.54, 1.807) is 4.31 Å². The van der Waals surface area contributed by atoms with E-state index in [1.807, 2.05) is 13.8 Å². The Morgan fingerprint density at radius 2 is 2.00 bits per heavy atom. The molecule has 5 heteroatoms. The summed E-state index contributed by atoms with van der Waals surface area (Å²) in [7, 11) is -3.04. The van der Waals surface area contributed by atoms with Crippen LogP contribution in [0.15, 0.2) is 0 Å². The first kappa shape index (κ1) is 14.5. The van der Waals surface area contributed by atoms with Crippen LogP contribution >= 0.6 is 15.9 Å². The fraction of sp³-hybridized carbons (Fsp3) is 1.00. The normalized spacial score (nSPS) is 18.1. The van der Waals surface area contributed by atoms with E-state index >= 15 is 0 Å². The van der Waals surface area contributed by atoms with Crippen LogP contribution in [0.3, 0.4) is 0 Å². The van der Waals surface area contributed by atoms with Crippen LogP contribution in [0.1, 0.15) is 39.5 Å². The van der Waals surface area contributed by atoms with E-state index in [2.05, 4.69) is 15.9 Å². The summed E-state index contributed by atoms with van der Waals surface area (Å²) in [6, 6.07) is 0.280. The fourth-order valence-corrected chi connectivity index (χ4v) is 4.31. The first-order valence-electron chi connectivity index (χ1n) is 6.03. The topological polar surface area (TPSA) is 37.4 Å². The molecule has 0 aromatic heterocycles. The molecule has 0 aliphatic heterocycles. The van der Waals surface area contributed by atoms with Crippen LogP contribution < -0.4 is 0 Å². The molecule has 1 rings (SSSR count). The van der Waals surface area contributed by atoms with Gasteiger partial charge in [0.2, 0.25) is 10.0 Å². The zero-order valence-electron chi connectivity index (χ0n) is 10.2. The molecule has 1 aliphatic carbocycles. The van der Waals surface area contributed by atoms with Crippen LogP contribution in [0.25, 0.3) is 0 Å². The summed E-state index contributed by atoms with van der Waals surface area (Å²) >= 11 is 3.36. The van der Waals surface area contributed by atoms with Crippen molar-refractivity contribution in [3.8, 4) is 0 Å². The molecule has 0 amide bonds. The van der Waals surface area contributed by atoms with Crippen molar-refractivity contribution in [1.29, 1.82) is 0 Å². The van der Waals surface area contributed by atoms with Crippen molar-refractivity contribution in [2.45, 2.75) is 45.6 Å². The third kappa shape index (κ3) is 4.00. The molecule has 1 fully saturated rings. The molecule has 96 valence electrons. The Hall–Kier alpha value is 0.390. The van der Waals surface area contributed by atoms with E-state index in [9.17, 15) is 8.42 Å². The minimum atomic E-state index is -3.04. The molecule has 0 heterocycles. The molecule has 0 atom stereocenters. The summed E-state index contributed by atoms with van der Waals surface area (Å²) in [5.74, 6) is 0.489. The number of rotatable bonds is 7. The molecule has 0 bridgehead atoms. The third-order valence-electron chi connectivity index (χ3n) is 2.90. The smallest absolute Gasteiger partial charge is 0.212 e. The Morgan fingerprint density at radius 1 is 1.38 bits per heavy atom. The van der Waals surface area contributed by atoms with Gasteiger partial charge in [-0.05, 0) is 25.2 Å². The number of alkyl halides is 1. The first-order valence-corrected chi connectivity index (χ1v) is 8.76. The Balaban J connectivity index is 2.66. The first-order chi connectivity index (χ1) is 7.47. The monoisotopic (exact) mass is 311 g/mol. The van der Waals surface area contributed by atoms with Gasteiger partial charge in [-0.15, -0.1) is 0 Å². The zero-order valence-corrected chi connectivity index (χ0v) is 12.6. The average molecular weight is 312 g/mol. The number of sulfonamides is 1. The van der Waals surface area contributed by atoms with Crippen molar-refractivity contribution >= 4 is 26.0 Å². The molecule has 0 aromatic rings. The van der Waals surface area contributed by atoms with E-state index in [0.29, 0.717) is 6.54 Å². The summed E-state index contributed by atoms with van der Waals surface area (Å²) < 4.78 is 26.1. The highest BCUT2D eigenvalue weighted by atomic mass is 79.9. The minimum Gasteiger partial charge on any atom is -0.212 e. The second-order valence-electron chi connectivity index (χ2n) is 4.91. The lowest BCUT2D eigenvalue weighted by Crippen LogP contribution is -2.46. The number of nitrogens with zero attached hydrogens (tertiary/aromatic N) is 1. The third-order valence-corrected chi connectivity index (χ3v) is 5.74. The number of hydrogen-bond acceptors (Lipinski definition) is 2. The second-order valence-corrected chi connectivity index (χ2v) is 7.67. The lowest BCUT2D eigenvalue weighted by Gasteiger charge is -2.36. The Morgan fingerprint density at radius 3 is 2.38 bits per heavy atom. The van der Waals surface area contributed by atoms with Gasteiger partial charge in [-0.3, -0.25) is 0 Å². The zero-order chi connectivity index (χ0) is 12.2. The van der Waals surface area contributed by atoms with Crippen LogP contribution in [0, 0.1) is 5.92 Å². The fourth-order valence-electron chi connectivity index (χ4n) is 1.96. The van der Waals surface area contributed by atoms with E-state index in [-0.39, 0.29) is 17.7 Å². The van der Waals surface area contributed by atoms with Crippen LogP contribution in [0.5, 0.6) is 0 Å². The Bertz CT molecular complexity index is 299. The molecule has 1 saturated carbocycles. The van der Waals surface area contributed by atoms with E-state index < -0.39 is 10.0 Å². The van der Waals surface area contributed by atoms with Crippen molar-refractivity contribution in [3.63, 3.8) is 0 Å². The summed E-state index contributed by atoms with van der Waals surface area (Å²) in [5, 5.41) is 0.868. The van der Waals surface area contributed by atoms with Crippen molar-refractivity contribution in [2.24, 2.45) is 5.92 Å². The van der Waals surface area contributed by atoms with Gasteiger partial charge in [0.1, 0.15) is 0 Å². The van der Waals surface area contributed by atoms with E-state index in [1.165, 1.54) is 6.42 Å². The molecular weight excluding hydrogens is 290 g/mol. The highest BCUT2D eigenvalue weighted by molar-refractivity contribution is 9.09. The molecule has 1 aliphatic rings. The maximum absolute atomic E-state index is 12.2. The summed E-state index contributed by atoms with van der Waals surface area (Å²) in [5.41, 5.74) is 0. The quantitative estimate of drug-likeness (QED) is 0.678. The average Bonchev–Trinajstić information content (AvgIpc) is 2.06. The summed E-state index contributed by atoms with van der Waals surface area (Å²) in [6.45, 7) is 4.59. The SMILES string of the molecule is CC(C)CS(=O)(=O)N(CCCBr)C1CCC1.